The van der Waals surface area contributed by atoms with Gasteiger partial charge in [0.05, 0.1) is 0 Å². The number of aryl methyl sites for hydroxylation is 1. The zero-order valence-electron chi connectivity index (χ0n) is 11.2. The Bertz CT molecular complexity index is 432. The predicted octanol–water partition coefficient (Wildman–Crippen LogP) is 2.58. The molecule has 3 heteroatoms. The highest BCUT2D eigenvalue weighted by molar-refractivity contribution is 5.49. The summed E-state index contributed by atoms with van der Waals surface area (Å²) < 4.78 is 6.14. The van der Waals surface area contributed by atoms with Crippen molar-refractivity contribution in [2.24, 2.45) is 0 Å². The minimum atomic E-state index is 0.377. The highest BCUT2D eigenvalue weighted by Gasteiger charge is 2.39. The van der Waals surface area contributed by atoms with Gasteiger partial charge in [-0.2, -0.15) is 0 Å². The number of benzene rings is 1. The molecule has 2 N–H and O–H groups in total. The van der Waals surface area contributed by atoms with Crippen molar-refractivity contribution >= 4 is 5.69 Å². The summed E-state index contributed by atoms with van der Waals surface area (Å²) in [5.74, 6) is 0.968. The number of rotatable bonds is 2. The molecule has 98 valence electrons. The fraction of sp³-hybridized carbons (Fsp3) is 0.600. The van der Waals surface area contributed by atoms with Gasteiger partial charge in [-0.3, -0.25) is 0 Å². The molecule has 0 radical (unpaired) electrons. The van der Waals surface area contributed by atoms with E-state index >= 15 is 0 Å². The summed E-state index contributed by atoms with van der Waals surface area (Å²) in [6.07, 6.45) is 5.37. The Kier molecular flexibility index (Phi) is 2.94. The van der Waals surface area contributed by atoms with E-state index in [1.807, 2.05) is 19.1 Å². The van der Waals surface area contributed by atoms with Gasteiger partial charge >= 0.3 is 0 Å². The highest BCUT2D eigenvalue weighted by Crippen LogP contribution is 2.36. The molecule has 2 heterocycles. The molecule has 3 rings (SSSR count). The van der Waals surface area contributed by atoms with E-state index in [0.29, 0.717) is 6.10 Å². The molecule has 2 aliphatic rings. The average molecular weight is 246 g/mol. The Morgan fingerprint density at radius 1 is 1.22 bits per heavy atom. The fourth-order valence-electron chi connectivity index (χ4n) is 3.37. The van der Waals surface area contributed by atoms with Crippen LogP contribution < -0.4 is 10.5 Å². The number of hydrogen-bond acceptors (Lipinski definition) is 3. The molecular weight excluding hydrogens is 224 g/mol. The van der Waals surface area contributed by atoms with Crippen molar-refractivity contribution in [3.8, 4) is 5.75 Å². The van der Waals surface area contributed by atoms with E-state index in [2.05, 4.69) is 18.0 Å². The van der Waals surface area contributed by atoms with Gasteiger partial charge in [0.25, 0.3) is 0 Å². The van der Waals surface area contributed by atoms with Crippen molar-refractivity contribution in [1.29, 1.82) is 0 Å². The Balaban J connectivity index is 1.68. The fourth-order valence-corrected chi connectivity index (χ4v) is 3.37. The Hall–Kier alpha value is -1.22. The molecule has 0 saturated carbocycles. The summed E-state index contributed by atoms with van der Waals surface area (Å²) in [4.78, 5) is 2.54. The van der Waals surface area contributed by atoms with Crippen molar-refractivity contribution in [1.82, 2.24) is 4.90 Å². The molecule has 3 atom stereocenters. The van der Waals surface area contributed by atoms with E-state index < -0.39 is 0 Å². The lowest BCUT2D eigenvalue weighted by Gasteiger charge is -2.36. The lowest BCUT2D eigenvalue weighted by molar-refractivity contribution is 0.0661. The van der Waals surface area contributed by atoms with E-state index in [1.54, 1.807) is 0 Å². The number of fused-ring (bicyclic) bond motifs is 2. The van der Waals surface area contributed by atoms with E-state index in [1.165, 1.54) is 12.8 Å². The molecule has 0 unspecified atom stereocenters. The van der Waals surface area contributed by atoms with Gasteiger partial charge in [0.15, 0.2) is 0 Å². The second kappa shape index (κ2) is 4.47. The van der Waals surface area contributed by atoms with E-state index in [4.69, 9.17) is 10.5 Å². The van der Waals surface area contributed by atoms with E-state index in [9.17, 15) is 0 Å². The summed E-state index contributed by atoms with van der Waals surface area (Å²) >= 11 is 0. The van der Waals surface area contributed by atoms with Crippen LogP contribution in [-0.2, 0) is 0 Å². The second-order valence-electron chi connectivity index (χ2n) is 5.78. The molecule has 0 spiro atoms. The van der Waals surface area contributed by atoms with Crippen LogP contribution in [0, 0.1) is 6.92 Å². The van der Waals surface area contributed by atoms with Crippen LogP contribution in [0.15, 0.2) is 18.2 Å². The molecule has 2 aliphatic heterocycles. The van der Waals surface area contributed by atoms with Gasteiger partial charge in [-0.15, -0.1) is 0 Å². The number of nitrogens with two attached hydrogens (primary N) is 1. The quantitative estimate of drug-likeness (QED) is 0.815. The molecular formula is C15H22N2O. The van der Waals surface area contributed by atoms with Crippen LogP contribution in [0.5, 0.6) is 5.75 Å². The average Bonchev–Trinajstić information content (AvgIpc) is 2.58. The van der Waals surface area contributed by atoms with Gasteiger partial charge in [0, 0.05) is 17.8 Å². The Labute approximate surface area is 109 Å². The number of nitrogens with zero attached hydrogens (tertiary/aromatic N) is 1. The monoisotopic (exact) mass is 246 g/mol. The molecule has 0 aliphatic carbocycles. The molecule has 18 heavy (non-hydrogen) atoms. The molecule has 1 aromatic rings. The van der Waals surface area contributed by atoms with Gasteiger partial charge in [0.1, 0.15) is 11.9 Å². The van der Waals surface area contributed by atoms with E-state index in [0.717, 1.165) is 41.9 Å². The second-order valence-corrected chi connectivity index (χ2v) is 5.78. The number of hydrogen-bond donors (Lipinski definition) is 1. The minimum absolute atomic E-state index is 0.377. The third kappa shape index (κ3) is 2.07. The predicted molar refractivity (Wildman–Crippen MR) is 73.8 cm³/mol. The third-order valence-electron chi connectivity index (χ3n) is 4.60. The lowest BCUT2D eigenvalue weighted by atomic mass is 10.0. The standard InChI is InChI=1S/C15H22N2O/c1-10-7-13(5-6-15(10)16)18-14-8-11-3-4-12(9-14)17(11)2/h5-7,11-12,14H,3-4,8-9,16H2,1-2H3/t11-,12+,14+. The zero-order valence-corrected chi connectivity index (χ0v) is 11.2. The maximum absolute atomic E-state index is 6.14. The molecule has 2 bridgehead atoms. The Morgan fingerprint density at radius 2 is 1.89 bits per heavy atom. The van der Waals surface area contributed by atoms with Crippen LogP contribution in [0.4, 0.5) is 5.69 Å². The van der Waals surface area contributed by atoms with Crippen LogP contribution in [0.1, 0.15) is 31.2 Å². The summed E-state index contributed by atoms with van der Waals surface area (Å²) in [7, 11) is 2.26. The molecule has 1 aromatic carbocycles. The molecule has 2 saturated heterocycles. The zero-order chi connectivity index (χ0) is 12.7. The molecule has 3 nitrogen and oxygen atoms in total. The van der Waals surface area contributed by atoms with Crippen LogP contribution in [0.2, 0.25) is 0 Å². The van der Waals surface area contributed by atoms with Gasteiger partial charge in [-0.25, -0.2) is 0 Å². The van der Waals surface area contributed by atoms with Crippen molar-refractivity contribution < 1.29 is 4.74 Å². The first-order chi connectivity index (χ1) is 8.63. The van der Waals surface area contributed by atoms with Gasteiger partial charge < -0.3 is 15.4 Å². The number of piperidine rings is 1. The number of nitrogen functional groups attached to an aromatic ring is 1. The van der Waals surface area contributed by atoms with Crippen LogP contribution >= 0.6 is 0 Å². The normalized spacial score (nSPS) is 31.6. The first-order valence-corrected chi connectivity index (χ1v) is 6.88. The van der Waals surface area contributed by atoms with Crippen molar-refractivity contribution in [2.75, 3.05) is 12.8 Å². The summed E-state index contributed by atoms with van der Waals surface area (Å²) in [6.45, 7) is 2.03. The van der Waals surface area contributed by atoms with Crippen molar-refractivity contribution in [2.45, 2.75) is 50.8 Å². The molecule has 2 fully saturated rings. The van der Waals surface area contributed by atoms with Crippen LogP contribution in [-0.4, -0.2) is 30.1 Å². The van der Waals surface area contributed by atoms with Gasteiger partial charge in [0.2, 0.25) is 0 Å². The highest BCUT2D eigenvalue weighted by atomic mass is 16.5. The van der Waals surface area contributed by atoms with Crippen molar-refractivity contribution in [3.63, 3.8) is 0 Å². The summed E-state index contributed by atoms with van der Waals surface area (Å²) in [5.41, 5.74) is 7.77. The van der Waals surface area contributed by atoms with E-state index in [-0.39, 0.29) is 0 Å². The topological polar surface area (TPSA) is 38.5 Å². The van der Waals surface area contributed by atoms with Crippen LogP contribution in [0.25, 0.3) is 0 Å². The van der Waals surface area contributed by atoms with Crippen LogP contribution in [0.3, 0.4) is 0 Å². The molecule has 0 amide bonds. The maximum Gasteiger partial charge on any atom is 0.120 e. The Morgan fingerprint density at radius 3 is 2.50 bits per heavy atom. The largest absolute Gasteiger partial charge is 0.490 e. The summed E-state index contributed by atoms with van der Waals surface area (Å²) in [5, 5.41) is 0. The summed E-state index contributed by atoms with van der Waals surface area (Å²) in [6, 6.07) is 7.43. The minimum Gasteiger partial charge on any atom is -0.490 e. The molecule has 0 aromatic heterocycles. The third-order valence-corrected chi connectivity index (χ3v) is 4.60. The van der Waals surface area contributed by atoms with Gasteiger partial charge in [-0.05, 0) is 63.4 Å². The smallest absolute Gasteiger partial charge is 0.120 e. The maximum atomic E-state index is 6.14. The lowest BCUT2D eigenvalue weighted by Crippen LogP contribution is -2.43. The number of anilines is 1. The first kappa shape index (κ1) is 11.8. The first-order valence-electron chi connectivity index (χ1n) is 6.88. The number of ether oxygens (including phenoxy) is 1. The SMILES string of the molecule is Cc1cc(O[C@H]2C[C@H]3CC[C@@H](C2)N3C)ccc1N. The van der Waals surface area contributed by atoms with Crippen molar-refractivity contribution in [3.05, 3.63) is 23.8 Å². The van der Waals surface area contributed by atoms with Gasteiger partial charge in [-0.1, -0.05) is 0 Å².